The summed E-state index contributed by atoms with van der Waals surface area (Å²) in [5.74, 6) is 0.877. The van der Waals surface area contributed by atoms with Crippen molar-refractivity contribution in [2.45, 2.75) is 25.8 Å². The van der Waals surface area contributed by atoms with Crippen molar-refractivity contribution in [2.75, 3.05) is 25.0 Å². The second-order valence-corrected chi connectivity index (χ2v) is 5.57. The predicted molar refractivity (Wildman–Crippen MR) is 82.8 cm³/mol. The van der Waals surface area contributed by atoms with Gasteiger partial charge in [0.15, 0.2) is 0 Å². The van der Waals surface area contributed by atoms with Crippen molar-refractivity contribution in [3.63, 3.8) is 0 Å². The molecule has 1 amide bonds. The SMILES string of the molecule is CC(=O)N(C)C1CCN(c2nnnn2-c2ccccc2)CC1. The number of amides is 1. The van der Waals surface area contributed by atoms with Gasteiger partial charge in [-0.25, -0.2) is 0 Å². The number of para-hydroxylation sites is 1. The van der Waals surface area contributed by atoms with Gasteiger partial charge in [-0.1, -0.05) is 23.3 Å². The first-order chi connectivity index (χ1) is 10.7. The van der Waals surface area contributed by atoms with Gasteiger partial charge >= 0.3 is 0 Å². The van der Waals surface area contributed by atoms with Crippen LogP contribution in [0.4, 0.5) is 5.95 Å². The molecule has 2 aromatic rings. The number of anilines is 1. The molecule has 1 aliphatic rings. The van der Waals surface area contributed by atoms with Crippen molar-refractivity contribution in [3.05, 3.63) is 30.3 Å². The Labute approximate surface area is 129 Å². The minimum atomic E-state index is 0.118. The molecule has 0 N–H and O–H groups in total. The Morgan fingerprint density at radius 1 is 1.23 bits per heavy atom. The van der Waals surface area contributed by atoms with Crippen molar-refractivity contribution in [3.8, 4) is 5.69 Å². The largest absolute Gasteiger partial charge is 0.343 e. The van der Waals surface area contributed by atoms with Gasteiger partial charge < -0.3 is 9.80 Å². The van der Waals surface area contributed by atoms with E-state index in [9.17, 15) is 4.79 Å². The number of piperidine rings is 1. The van der Waals surface area contributed by atoms with Crippen LogP contribution in [0.1, 0.15) is 19.8 Å². The minimum absolute atomic E-state index is 0.118. The molecule has 116 valence electrons. The van der Waals surface area contributed by atoms with E-state index in [0.717, 1.165) is 37.6 Å². The Hall–Kier alpha value is -2.44. The highest BCUT2D eigenvalue weighted by Gasteiger charge is 2.26. The Morgan fingerprint density at radius 2 is 1.91 bits per heavy atom. The van der Waals surface area contributed by atoms with E-state index in [4.69, 9.17) is 0 Å². The fourth-order valence-electron chi connectivity index (χ4n) is 2.83. The molecular weight excluding hydrogens is 280 g/mol. The Balaban J connectivity index is 1.73. The maximum atomic E-state index is 11.5. The standard InChI is InChI=1S/C15H20N6O/c1-12(22)19(2)13-8-10-20(11-9-13)15-16-17-18-21(15)14-6-4-3-5-7-14/h3-7,13H,8-11H2,1-2H3. The topological polar surface area (TPSA) is 67.2 Å². The lowest BCUT2D eigenvalue weighted by Gasteiger charge is -2.36. The fourth-order valence-corrected chi connectivity index (χ4v) is 2.83. The molecule has 1 fully saturated rings. The van der Waals surface area contributed by atoms with Crippen molar-refractivity contribution in [2.24, 2.45) is 0 Å². The number of tetrazole rings is 1. The van der Waals surface area contributed by atoms with Crippen LogP contribution in [0.5, 0.6) is 0 Å². The van der Waals surface area contributed by atoms with Gasteiger partial charge in [0.25, 0.3) is 0 Å². The number of hydrogen-bond donors (Lipinski definition) is 0. The first-order valence-electron chi connectivity index (χ1n) is 7.49. The van der Waals surface area contributed by atoms with Crippen LogP contribution in [0.25, 0.3) is 5.69 Å². The second-order valence-electron chi connectivity index (χ2n) is 5.57. The number of rotatable bonds is 3. The highest BCUT2D eigenvalue weighted by Crippen LogP contribution is 2.22. The number of carbonyl (C=O) groups is 1. The molecule has 22 heavy (non-hydrogen) atoms. The molecular formula is C15H20N6O. The smallest absolute Gasteiger partial charge is 0.250 e. The first kappa shape index (κ1) is 14.5. The predicted octanol–water partition coefficient (Wildman–Crippen LogP) is 1.11. The monoisotopic (exact) mass is 300 g/mol. The lowest BCUT2D eigenvalue weighted by Crippen LogP contribution is -2.45. The van der Waals surface area contributed by atoms with Crippen LogP contribution in [0, 0.1) is 0 Å². The fraction of sp³-hybridized carbons (Fsp3) is 0.467. The Bertz CT molecular complexity index is 632. The van der Waals surface area contributed by atoms with Crippen LogP contribution >= 0.6 is 0 Å². The zero-order chi connectivity index (χ0) is 15.5. The van der Waals surface area contributed by atoms with Gasteiger partial charge in [0.05, 0.1) is 5.69 Å². The lowest BCUT2D eigenvalue weighted by atomic mass is 10.0. The highest BCUT2D eigenvalue weighted by atomic mass is 16.2. The van der Waals surface area contributed by atoms with Crippen molar-refractivity contribution < 1.29 is 4.79 Å². The Morgan fingerprint density at radius 3 is 2.55 bits per heavy atom. The average molecular weight is 300 g/mol. The molecule has 0 spiro atoms. The molecule has 0 bridgehead atoms. The number of aromatic nitrogens is 4. The molecule has 1 aromatic heterocycles. The van der Waals surface area contributed by atoms with E-state index in [-0.39, 0.29) is 5.91 Å². The molecule has 7 heteroatoms. The summed E-state index contributed by atoms with van der Waals surface area (Å²) in [5, 5.41) is 12.1. The van der Waals surface area contributed by atoms with E-state index >= 15 is 0 Å². The van der Waals surface area contributed by atoms with Gasteiger partial charge in [0.2, 0.25) is 11.9 Å². The van der Waals surface area contributed by atoms with Gasteiger partial charge in [0.1, 0.15) is 0 Å². The van der Waals surface area contributed by atoms with Gasteiger partial charge in [0, 0.05) is 33.1 Å². The summed E-state index contributed by atoms with van der Waals surface area (Å²) in [5.41, 5.74) is 0.950. The van der Waals surface area contributed by atoms with E-state index in [1.807, 2.05) is 42.3 Å². The summed E-state index contributed by atoms with van der Waals surface area (Å²) in [6, 6.07) is 10.2. The van der Waals surface area contributed by atoms with Crippen LogP contribution in [0.3, 0.4) is 0 Å². The van der Waals surface area contributed by atoms with E-state index in [1.54, 1.807) is 11.6 Å². The maximum absolute atomic E-state index is 11.5. The molecule has 2 heterocycles. The quantitative estimate of drug-likeness (QED) is 0.849. The van der Waals surface area contributed by atoms with Gasteiger partial charge in [-0.05, 0) is 35.4 Å². The van der Waals surface area contributed by atoms with E-state index < -0.39 is 0 Å². The third-order valence-corrected chi connectivity index (χ3v) is 4.25. The van der Waals surface area contributed by atoms with Crippen LogP contribution in [0.15, 0.2) is 30.3 Å². The Kier molecular flexibility index (Phi) is 4.04. The van der Waals surface area contributed by atoms with E-state index in [0.29, 0.717) is 6.04 Å². The molecule has 0 unspecified atom stereocenters. The molecule has 0 aliphatic carbocycles. The summed E-state index contributed by atoms with van der Waals surface area (Å²) in [6.07, 6.45) is 1.86. The molecule has 3 rings (SSSR count). The third-order valence-electron chi connectivity index (χ3n) is 4.25. The average Bonchev–Trinajstić information content (AvgIpc) is 3.04. The zero-order valence-electron chi connectivity index (χ0n) is 12.9. The summed E-state index contributed by atoms with van der Waals surface area (Å²) >= 11 is 0. The van der Waals surface area contributed by atoms with E-state index in [1.165, 1.54) is 0 Å². The van der Waals surface area contributed by atoms with Gasteiger partial charge in [-0.3, -0.25) is 4.79 Å². The van der Waals surface area contributed by atoms with E-state index in [2.05, 4.69) is 20.4 Å². The molecule has 1 aliphatic heterocycles. The highest BCUT2D eigenvalue weighted by molar-refractivity contribution is 5.73. The minimum Gasteiger partial charge on any atom is -0.343 e. The number of hydrogen-bond acceptors (Lipinski definition) is 5. The normalized spacial score (nSPS) is 15.8. The number of carbonyl (C=O) groups excluding carboxylic acids is 1. The molecule has 0 saturated carbocycles. The third kappa shape index (κ3) is 2.79. The summed E-state index contributed by atoms with van der Waals surface area (Å²) < 4.78 is 1.76. The maximum Gasteiger partial charge on any atom is 0.250 e. The molecule has 1 saturated heterocycles. The number of benzene rings is 1. The molecule has 0 radical (unpaired) electrons. The molecule has 1 aromatic carbocycles. The van der Waals surface area contributed by atoms with Crippen LogP contribution < -0.4 is 4.90 Å². The number of nitrogens with zero attached hydrogens (tertiary/aromatic N) is 6. The summed E-state index contributed by atoms with van der Waals surface area (Å²) in [6.45, 7) is 3.30. The van der Waals surface area contributed by atoms with Crippen molar-refractivity contribution >= 4 is 11.9 Å². The van der Waals surface area contributed by atoms with Crippen molar-refractivity contribution in [1.82, 2.24) is 25.1 Å². The van der Waals surface area contributed by atoms with Gasteiger partial charge in [-0.2, -0.15) is 4.68 Å². The zero-order valence-corrected chi connectivity index (χ0v) is 12.9. The lowest BCUT2D eigenvalue weighted by molar-refractivity contribution is -0.129. The molecule has 0 atom stereocenters. The van der Waals surface area contributed by atoms with Crippen LogP contribution in [-0.2, 0) is 4.79 Å². The summed E-state index contributed by atoms with van der Waals surface area (Å²) in [7, 11) is 1.87. The van der Waals surface area contributed by atoms with Crippen LogP contribution in [-0.4, -0.2) is 57.2 Å². The first-order valence-corrected chi connectivity index (χ1v) is 7.49. The van der Waals surface area contributed by atoms with Gasteiger partial charge in [-0.15, -0.1) is 0 Å². The van der Waals surface area contributed by atoms with Crippen molar-refractivity contribution in [1.29, 1.82) is 0 Å². The molecule has 7 nitrogen and oxygen atoms in total. The second kappa shape index (κ2) is 6.13. The van der Waals surface area contributed by atoms with Crippen LogP contribution in [0.2, 0.25) is 0 Å². The summed E-state index contributed by atoms with van der Waals surface area (Å²) in [4.78, 5) is 15.5.